The van der Waals surface area contributed by atoms with Crippen molar-refractivity contribution in [2.45, 2.75) is 40.0 Å². The maximum Gasteiger partial charge on any atom is 0.227 e. The molecule has 18 heavy (non-hydrogen) atoms. The molecule has 0 spiro atoms. The van der Waals surface area contributed by atoms with Gasteiger partial charge in [-0.15, -0.1) is 0 Å². The Morgan fingerprint density at radius 2 is 2.11 bits per heavy atom. The zero-order valence-electron chi connectivity index (χ0n) is 11.5. The molecular weight excluding hydrogens is 224 g/mol. The highest BCUT2D eigenvalue weighted by Gasteiger charge is 2.26. The van der Waals surface area contributed by atoms with Gasteiger partial charge in [0.05, 0.1) is 0 Å². The van der Waals surface area contributed by atoms with Crippen molar-refractivity contribution >= 4 is 17.3 Å². The lowest BCUT2D eigenvalue weighted by atomic mass is 9.90. The van der Waals surface area contributed by atoms with Gasteiger partial charge in [0.25, 0.3) is 0 Å². The Hall–Kier alpha value is -1.51. The Morgan fingerprint density at radius 3 is 2.78 bits per heavy atom. The average molecular weight is 246 g/mol. The van der Waals surface area contributed by atoms with E-state index < -0.39 is 0 Å². The highest BCUT2D eigenvalue weighted by atomic mass is 16.2. The molecule has 3 heteroatoms. The zero-order chi connectivity index (χ0) is 13.3. The monoisotopic (exact) mass is 246 g/mol. The van der Waals surface area contributed by atoms with Crippen LogP contribution in [0.25, 0.3) is 0 Å². The Labute approximate surface area is 109 Å². The summed E-state index contributed by atoms with van der Waals surface area (Å²) in [6, 6.07) is 5.88. The first-order valence-corrected chi connectivity index (χ1v) is 6.55. The fourth-order valence-electron chi connectivity index (χ4n) is 2.40. The number of rotatable bonds is 1. The second-order valence-electron chi connectivity index (χ2n) is 6.27. The van der Waals surface area contributed by atoms with E-state index in [9.17, 15) is 4.79 Å². The van der Waals surface area contributed by atoms with Crippen LogP contribution in [-0.4, -0.2) is 12.5 Å². The maximum absolute atomic E-state index is 12.4. The highest BCUT2D eigenvalue weighted by Crippen LogP contribution is 2.31. The third kappa shape index (κ3) is 2.84. The van der Waals surface area contributed by atoms with Gasteiger partial charge in [0.1, 0.15) is 0 Å². The van der Waals surface area contributed by atoms with Gasteiger partial charge < -0.3 is 10.6 Å². The molecule has 0 unspecified atom stereocenters. The van der Waals surface area contributed by atoms with Crippen molar-refractivity contribution in [3.05, 3.63) is 23.8 Å². The van der Waals surface area contributed by atoms with Crippen molar-refractivity contribution in [2.24, 2.45) is 5.41 Å². The lowest BCUT2D eigenvalue weighted by Crippen LogP contribution is -2.37. The molecule has 1 aromatic rings. The number of anilines is 2. The minimum Gasteiger partial charge on any atom is -0.399 e. The molecule has 0 fully saturated rings. The number of fused-ring (bicyclic) bond motifs is 1. The van der Waals surface area contributed by atoms with Gasteiger partial charge in [-0.1, -0.05) is 26.8 Å². The van der Waals surface area contributed by atoms with Crippen molar-refractivity contribution in [1.82, 2.24) is 0 Å². The van der Waals surface area contributed by atoms with Crippen LogP contribution in [0.15, 0.2) is 18.2 Å². The smallest absolute Gasteiger partial charge is 0.227 e. The fourth-order valence-corrected chi connectivity index (χ4v) is 2.40. The van der Waals surface area contributed by atoms with Crippen LogP contribution >= 0.6 is 0 Å². The van der Waals surface area contributed by atoms with Gasteiger partial charge in [-0.25, -0.2) is 0 Å². The standard InChI is InChI=1S/C15H22N2O/c1-15(2,3)10-14(18)17-8-4-5-11-6-7-12(16)9-13(11)17/h6-7,9H,4-5,8,10,16H2,1-3H3. The maximum atomic E-state index is 12.4. The van der Waals surface area contributed by atoms with Gasteiger partial charge in [-0.05, 0) is 36.0 Å². The minimum absolute atomic E-state index is 0.0228. The number of benzene rings is 1. The fraction of sp³-hybridized carbons (Fsp3) is 0.533. The largest absolute Gasteiger partial charge is 0.399 e. The van der Waals surface area contributed by atoms with Gasteiger partial charge in [0, 0.05) is 24.3 Å². The van der Waals surface area contributed by atoms with Crippen LogP contribution in [0.2, 0.25) is 0 Å². The van der Waals surface area contributed by atoms with Crippen LogP contribution in [0.4, 0.5) is 11.4 Å². The quantitative estimate of drug-likeness (QED) is 0.774. The molecule has 3 nitrogen and oxygen atoms in total. The predicted molar refractivity (Wildman–Crippen MR) is 75.6 cm³/mol. The van der Waals surface area contributed by atoms with Gasteiger partial charge in [-0.3, -0.25) is 4.79 Å². The number of carbonyl (C=O) groups excluding carboxylic acids is 1. The molecule has 1 aliphatic heterocycles. The van der Waals surface area contributed by atoms with E-state index in [0.29, 0.717) is 6.42 Å². The van der Waals surface area contributed by atoms with Crippen molar-refractivity contribution in [3.63, 3.8) is 0 Å². The molecule has 0 radical (unpaired) electrons. The Bertz CT molecular complexity index is 460. The summed E-state index contributed by atoms with van der Waals surface area (Å²) in [6.45, 7) is 7.09. The minimum atomic E-state index is 0.0228. The summed E-state index contributed by atoms with van der Waals surface area (Å²) >= 11 is 0. The van der Waals surface area contributed by atoms with Gasteiger partial charge >= 0.3 is 0 Å². The SMILES string of the molecule is CC(C)(C)CC(=O)N1CCCc2ccc(N)cc21. The van der Waals surface area contributed by atoms with Crippen LogP contribution in [0.1, 0.15) is 39.2 Å². The first-order valence-electron chi connectivity index (χ1n) is 6.55. The van der Waals surface area contributed by atoms with E-state index in [1.165, 1.54) is 5.56 Å². The summed E-state index contributed by atoms with van der Waals surface area (Å²) in [5.74, 6) is 0.203. The molecule has 2 rings (SSSR count). The van der Waals surface area contributed by atoms with E-state index in [0.717, 1.165) is 30.8 Å². The zero-order valence-corrected chi connectivity index (χ0v) is 11.5. The summed E-state index contributed by atoms with van der Waals surface area (Å²) in [7, 11) is 0. The van der Waals surface area contributed by atoms with E-state index in [4.69, 9.17) is 5.73 Å². The number of aryl methyl sites for hydroxylation is 1. The Kier molecular flexibility index (Phi) is 3.33. The summed E-state index contributed by atoms with van der Waals surface area (Å²) < 4.78 is 0. The average Bonchev–Trinajstić information content (AvgIpc) is 2.25. The molecular formula is C15H22N2O. The number of nitrogens with zero attached hydrogens (tertiary/aromatic N) is 1. The summed E-state index contributed by atoms with van der Waals surface area (Å²) in [4.78, 5) is 14.3. The topological polar surface area (TPSA) is 46.3 Å². The predicted octanol–water partition coefficient (Wildman–Crippen LogP) is 2.98. The van der Waals surface area contributed by atoms with Crippen molar-refractivity contribution in [3.8, 4) is 0 Å². The molecule has 1 heterocycles. The van der Waals surface area contributed by atoms with E-state index in [1.54, 1.807) is 0 Å². The van der Waals surface area contributed by atoms with Crippen LogP contribution in [0, 0.1) is 5.41 Å². The van der Waals surface area contributed by atoms with Crippen molar-refractivity contribution in [1.29, 1.82) is 0 Å². The summed E-state index contributed by atoms with van der Waals surface area (Å²) in [6.07, 6.45) is 2.64. The number of nitrogen functional groups attached to an aromatic ring is 1. The van der Waals surface area contributed by atoms with E-state index in [2.05, 4.69) is 20.8 Å². The second-order valence-corrected chi connectivity index (χ2v) is 6.27. The molecule has 0 aliphatic carbocycles. The number of hydrogen-bond acceptors (Lipinski definition) is 2. The van der Waals surface area contributed by atoms with Gasteiger partial charge in [-0.2, -0.15) is 0 Å². The number of hydrogen-bond donors (Lipinski definition) is 1. The molecule has 0 aromatic heterocycles. The van der Waals surface area contributed by atoms with Crippen LogP contribution < -0.4 is 10.6 Å². The molecule has 0 saturated heterocycles. The summed E-state index contributed by atoms with van der Waals surface area (Å²) in [5.41, 5.74) is 8.83. The third-order valence-corrected chi connectivity index (χ3v) is 3.21. The normalized spacial score (nSPS) is 15.4. The molecule has 1 amide bonds. The van der Waals surface area contributed by atoms with Crippen LogP contribution in [0.3, 0.4) is 0 Å². The first kappa shape index (κ1) is 12.9. The van der Waals surface area contributed by atoms with Gasteiger partial charge in [0.2, 0.25) is 5.91 Å². The highest BCUT2D eigenvalue weighted by molar-refractivity contribution is 5.95. The van der Waals surface area contributed by atoms with Crippen LogP contribution in [-0.2, 0) is 11.2 Å². The van der Waals surface area contributed by atoms with E-state index in [-0.39, 0.29) is 11.3 Å². The summed E-state index contributed by atoms with van der Waals surface area (Å²) in [5, 5.41) is 0. The molecule has 0 bridgehead atoms. The molecule has 0 atom stereocenters. The molecule has 2 N–H and O–H groups in total. The van der Waals surface area contributed by atoms with Crippen molar-refractivity contribution < 1.29 is 4.79 Å². The van der Waals surface area contributed by atoms with Crippen molar-refractivity contribution in [2.75, 3.05) is 17.2 Å². The number of carbonyl (C=O) groups is 1. The van der Waals surface area contributed by atoms with E-state index in [1.807, 2.05) is 23.1 Å². The van der Waals surface area contributed by atoms with Crippen LogP contribution in [0.5, 0.6) is 0 Å². The number of nitrogens with two attached hydrogens (primary N) is 1. The lowest BCUT2D eigenvalue weighted by molar-refractivity contribution is -0.120. The third-order valence-electron chi connectivity index (χ3n) is 3.21. The van der Waals surface area contributed by atoms with Gasteiger partial charge in [0.15, 0.2) is 0 Å². The van der Waals surface area contributed by atoms with E-state index >= 15 is 0 Å². The Balaban J connectivity index is 2.27. The number of amides is 1. The molecule has 98 valence electrons. The Morgan fingerprint density at radius 1 is 1.39 bits per heavy atom. The first-order chi connectivity index (χ1) is 8.37. The molecule has 1 aliphatic rings. The lowest BCUT2D eigenvalue weighted by Gasteiger charge is -2.32. The molecule has 1 aromatic carbocycles. The second kappa shape index (κ2) is 4.63. The molecule has 0 saturated carbocycles.